The lowest BCUT2D eigenvalue weighted by Crippen LogP contribution is -2.35. The van der Waals surface area contributed by atoms with E-state index >= 15 is 0 Å². The van der Waals surface area contributed by atoms with Crippen LogP contribution in [-0.2, 0) is 30.4 Å². The van der Waals surface area contributed by atoms with Crippen molar-refractivity contribution in [1.82, 2.24) is 20.1 Å². The van der Waals surface area contributed by atoms with E-state index in [0.29, 0.717) is 11.6 Å². The summed E-state index contributed by atoms with van der Waals surface area (Å²) in [5, 5.41) is 6.30. The molecular formula is C32H27F6N5O3. The Bertz CT molecular complexity index is 1850. The number of nitrogens with one attached hydrogen (secondary N) is 1. The minimum absolute atomic E-state index is 0.0312. The van der Waals surface area contributed by atoms with E-state index < -0.39 is 76.0 Å². The molecule has 46 heavy (non-hydrogen) atoms. The number of nitrogens with two attached hydrogens (primary N) is 1. The summed E-state index contributed by atoms with van der Waals surface area (Å²) in [5.41, 5.74) is 3.05. The standard InChI is InChI=1S/C32H27F6N5O3/c1-31(2)13-24-27(25(44)14-31)29(32(36,37)38)42-43(24)15-26(45)41-23(10-16-8-18(33)12-19(34)9-16)28-20(4-3-7-40-28)17-5-6-22(35)21(11-17)30(39)46/h3-9,11-12,23H,10,13-15H2,1-2H3,(H2,39,46)(H,41,45)/t23-/m0/s1. The highest BCUT2D eigenvalue weighted by atomic mass is 19.4. The van der Waals surface area contributed by atoms with E-state index in [2.05, 4.69) is 15.4 Å². The number of alkyl halides is 3. The maximum atomic E-state index is 14.3. The van der Waals surface area contributed by atoms with E-state index in [1.165, 1.54) is 24.4 Å². The molecule has 2 aromatic carbocycles. The summed E-state index contributed by atoms with van der Waals surface area (Å²) < 4.78 is 85.0. The van der Waals surface area contributed by atoms with Crippen LogP contribution in [0.25, 0.3) is 11.1 Å². The highest BCUT2D eigenvalue weighted by Gasteiger charge is 2.45. The average molecular weight is 644 g/mol. The lowest BCUT2D eigenvalue weighted by Gasteiger charge is -2.29. The van der Waals surface area contributed by atoms with Crippen molar-refractivity contribution in [3.8, 4) is 11.1 Å². The zero-order chi connectivity index (χ0) is 33.6. The number of halogens is 6. The molecule has 1 aliphatic rings. The summed E-state index contributed by atoms with van der Waals surface area (Å²) >= 11 is 0. The first-order valence-corrected chi connectivity index (χ1v) is 14.0. The van der Waals surface area contributed by atoms with Crippen molar-refractivity contribution in [2.45, 2.75) is 51.9 Å². The number of rotatable bonds is 8. The Morgan fingerprint density at radius 3 is 2.39 bits per heavy atom. The van der Waals surface area contributed by atoms with Gasteiger partial charge in [-0.15, -0.1) is 0 Å². The summed E-state index contributed by atoms with van der Waals surface area (Å²) in [4.78, 5) is 42.5. The average Bonchev–Trinajstić information content (AvgIpc) is 3.30. The van der Waals surface area contributed by atoms with Crippen LogP contribution in [0.4, 0.5) is 26.3 Å². The van der Waals surface area contributed by atoms with E-state index in [0.717, 1.165) is 22.9 Å². The van der Waals surface area contributed by atoms with Crippen LogP contribution in [0.15, 0.2) is 54.7 Å². The molecule has 0 radical (unpaired) electrons. The first-order chi connectivity index (χ1) is 21.5. The fraction of sp³-hybridized carbons (Fsp3) is 0.281. The number of fused-ring (bicyclic) bond motifs is 1. The molecule has 0 saturated heterocycles. The van der Waals surface area contributed by atoms with E-state index in [-0.39, 0.29) is 41.8 Å². The second-order valence-electron chi connectivity index (χ2n) is 11.9. The number of primary amides is 1. The Balaban J connectivity index is 1.55. The molecule has 3 N–H and O–H groups in total. The number of hydrogen-bond donors (Lipinski definition) is 2. The quantitative estimate of drug-likeness (QED) is 0.238. The molecule has 14 heteroatoms. The summed E-state index contributed by atoms with van der Waals surface area (Å²) in [7, 11) is 0. The highest BCUT2D eigenvalue weighted by Crippen LogP contribution is 2.41. The number of amides is 2. The van der Waals surface area contributed by atoms with Crippen LogP contribution in [0.2, 0.25) is 0 Å². The molecule has 0 aliphatic heterocycles. The Hall–Kier alpha value is -5.01. The van der Waals surface area contributed by atoms with Gasteiger partial charge >= 0.3 is 6.18 Å². The van der Waals surface area contributed by atoms with Crippen molar-refractivity contribution < 1.29 is 40.7 Å². The maximum Gasteiger partial charge on any atom is 0.435 e. The molecule has 0 fully saturated rings. The van der Waals surface area contributed by atoms with E-state index in [1.807, 2.05) is 0 Å². The van der Waals surface area contributed by atoms with Gasteiger partial charge in [-0.25, -0.2) is 13.2 Å². The Morgan fingerprint density at radius 1 is 1.04 bits per heavy atom. The van der Waals surface area contributed by atoms with Gasteiger partial charge in [-0.2, -0.15) is 18.3 Å². The summed E-state index contributed by atoms with van der Waals surface area (Å²) in [5.74, 6) is -5.26. The number of ketones is 1. The topological polar surface area (TPSA) is 120 Å². The van der Waals surface area contributed by atoms with Gasteiger partial charge in [-0.05, 0) is 59.7 Å². The number of carbonyl (C=O) groups is 3. The third-order valence-electron chi connectivity index (χ3n) is 7.59. The number of hydrogen-bond acceptors (Lipinski definition) is 5. The van der Waals surface area contributed by atoms with E-state index in [4.69, 9.17) is 5.73 Å². The van der Waals surface area contributed by atoms with Gasteiger partial charge in [0.1, 0.15) is 24.0 Å². The number of Topliss-reactive ketones (excluding diaryl/α,β-unsaturated/α-hetero) is 1. The van der Waals surface area contributed by atoms with Crippen LogP contribution in [0.5, 0.6) is 0 Å². The van der Waals surface area contributed by atoms with Crippen LogP contribution in [0.3, 0.4) is 0 Å². The van der Waals surface area contributed by atoms with Crippen LogP contribution >= 0.6 is 0 Å². The van der Waals surface area contributed by atoms with Crippen LogP contribution in [0, 0.1) is 22.9 Å². The van der Waals surface area contributed by atoms with Gasteiger partial charge in [0.05, 0.1) is 28.6 Å². The largest absolute Gasteiger partial charge is 0.435 e. The van der Waals surface area contributed by atoms with E-state index in [1.54, 1.807) is 19.9 Å². The van der Waals surface area contributed by atoms with Gasteiger partial charge in [-0.1, -0.05) is 26.0 Å². The lowest BCUT2D eigenvalue weighted by atomic mass is 9.75. The van der Waals surface area contributed by atoms with Crippen molar-refractivity contribution in [2.75, 3.05) is 0 Å². The molecule has 2 aromatic heterocycles. The Labute approximate surface area is 258 Å². The molecule has 0 spiro atoms. The van der Waals surface area contributed by atoms with Gasteiger partial charge in [0.2, 0.25) is 5.91 Å². The number of pyridine rings is 1. The fourth-order valence-corrected chi connectivity index (χ4v) is 5.71. The molecule has 240 valence electrons. The number of aromatic nitrogens is 3. The summed E-state index contributed by atoms with van der Waals surface area (Å²) in [6, 6.07) is 8.24. The molecule has 2 heterocycles. The van der Waals surface area contributed by atoms with Gasteiger partial charge in [0, 0.05) is 24.2 Å². The molecule has 1 atom stereocenters. The first-order valence-electron chi connectivity index (χ1n) is 14.0. The minimum atomic E-state index is -4.95. The molecule has 0 bridgehead atoms. The molecule has 0 unspecified atom stereocenters. The number of carbonyl (C=O) groups excluding carboxylic acids is 3. The van der Waals surface area contributed by atoms with Crippen molar-refractivity contribution in [2.24, 2.45) is 11.1 Å². The molecular weight excluding hydrogens is 616 g/mol. The molecule has 0 saturated carbocycles. The number of benzene rings is 2. The van der Waals surface area contributed by atoms with Gasteiger partial charge in [0.25, 0.3) is 5.91 Å². The Morgan fingerprint density at radius 2 is 1.74 bits per heavy atom. The zero-order valence-electron chi connectivity index (χ0n) is 24.5. The van der Waals surface area contributed by atoms with Crippen LogP contribution < -0.4 is 11.1 Å². The predicted molar refractivity (Wildman–Crippen MR) is 153 cm³/mol. The molecule has 4 aromatic rings. The van der Waals surface area contributed by atoms with E-state index in [9.17, 15) is 40.7 Å². The summed E-state index contributed by atoms with van der Waals surface area (Å²) in [6.45, 7) is 2.71. The van der Waals surface area contributed by atoms with Gasteiger partial charge in [0.15, 0.2) is 11.5 Å². The maximum absolute atomic E-state index is 14.3. The predicted octanol–water partition coefficient (Wildman–Crippen LogP) is 5.74. The van der Waals surface area contributed by atoms with Gasteiger partial charge < -0.3 is 11.1 Å². The molecule has 2 amide bonds. The van der Waals surface area contributed by atoms with Crippen LogP contribution in [0.1, 0.15) is 69.7 Å². The normalized spacial score (nSPS) is 14.9. The molecule has 1 aliphatic carbocycles. The zero-order valence-corrected chi connectivity index (χ0v) is 24.5. The second-order valence-corrected chi connectivity index (χ2v) is 11.9. The lowest BCUT2D eigenvalue weighted by molar-refractivity contribution is -0.142. The van der Waals surface area contributed by atoms with Crippen molar-refractivity contribution in [1.29, 1.82) is 0 Å². The third kappa shape index (κ3) is 6.80. The smallest absolute Gasteiger partial charge is 0.366 e. The third-order valence-corrected chi connectivity index (χ3v) is 7.59. The second kappa shape index (κ2) is 12.1. The Kier molecular flexibility index (Phi) is 8.49. The summed E-state index contributed by atoms with van der Waals surface area (Å²) in [6.07, 6.45) is -3.89. The van der Waals surface area contributed by atoms with Crippen molar-refractivity contribution >= 4 is 17.6 Å². The van der Waals surface area contributed by atoms with Crippen LogP contribution in [-0.4, -0.2) is 32.4 Å². The molecule has 5 rings (SSSR count). The highest BCUT2D eigenvalue weighted by molar-refractivity contribution is 6.00. The van der Waals surface area contributed by atoms with Crippen molar-refractivity contribution in [3.63, 3.8) is 0 Å². The number of nitrogens with zero attached hydrogens (tertiary/aromatic N) is 3. The van der Waals surface area contributed by atoms with Crippen molar-refractivity contribution in [3.05, 3.63) is 106 Å². The first kappa shape index (κ1) is 32.4. The molecule has 8 nitrogen and oxygen atoms in total. The SMILES string of the molecule is CC1(C)CC(=O)c2c(C(F)(F)F)nn(CC(=O)N[C@@H](Cc3cc(F)cc(F)c3)c3ncccc3-c3ccc(F)c(C(N)=O)c3)c2C1. The monoisotopic (exact) mass is 643 g/mol. The minimum Gasteiger partial charge on any atom is -0.366 e. The fourth-order valence-electron chi connectivity index (χ4n) is 5.71. The van der Waals surface area contributed by atoms with Gasteiger partial charge in [-0.3, -0.25) is 24.0 Å².